The van der Waals surface area contributed by atoms with Crippen molar-refractivity contribution in [2.75, 3.05) is 11.9 Å². The second-order valence-corrected chi connectivity index (χ2v) is 8.61. The van der Waals surface area contributed by atoms with Crippen LogP contribution in [0.3, 0.4) is 0 Å². The molecule has 0 saturated carbocycles. The third-order valence-corrected chi connectivity index (χ3v) is 6.87. The van der Waals surface area contributed by atoms with Crippen LogP contribution in [0.4, 0.5) is 5.00 Å². The highest BCUT2D eigenvalue weighted by molar-refractivity contribution is 7.16. The molecule has 7 heteroatoms. The van der Waals surface area contributed by atoms with Gasteiger partial charge in [0.05, 0.1) is 15.6 Å². The van der Waals surface area contributed by atoms with Crippen LogP contribution in [0.1, 0.15) is 46.4 Å². The molecule has 0 fully saturated rings. The van der Waals surface area contributed by atoms with Crippen LogP contribution >= 0.6 is 34.5 Å². The van der Waals surface area contributed by atoms with Crippen molar-refractivity contribution in [2.24, 2.45) is 0 Å². The van der Waals surface area contributed by atoms with E-state index in [1.807, 2.05) is 12.1 Å². The first-order valence-corrected chi connectivity index (χ1v) is 9.93. The summed E-state index contributed by atoms with van der Waals surface area (Å²) in [6, 6.07) is 5.97. The fraction of sp³-hybridized carbons (Fsp3) is 0.389. The van der Waals surface area contributed by atoms with Crippen molar-refractivity contribution >= 4 is 45.4 Å². The molecule has 3 heterocycles. The van der Waals surface area contributed by atoms with Gasteiger partial charge in [-0.25, -0.2) is 0 Å². The summed E-state index contributed by atoms with van der Waals surface area (Å²) >= 11 is 14.1. The SMILES string of the molecule is CC(C)N1CCc2c(sc3c2C(=O)N[C@@H](c2cccc(Cl)c2Cl)N3)C1. The van der Waals surface area contributed by atoms with E-state index in [1.54, 1.807) is 17.4 Å². The molecule has 1 amide bonds. The molecule has 25 heavy (non-hydrogen) atoms. The van der Waals surface area contributed by atoms with Gasteiger partial charge in [-0.15, -0.1) is 11.3 Å². The molecule has 0 aliphatic carbocycles. The summed E-state index contributed by atoms with van der Waals surface area (Å²) in [5, 5.41) is 8.35. The number of nitrogens with one attached hydrogen (secondary N) is 2. The number of anilines is 1. The summed E-state index contributed by atoms with van der Waals surface area (Å²) in [4.78, 5) is 16.5. The van der Waals surface area contributed by atoms with Gasteiger partial charge in [-0.1, -0.05) is 35.3 Å². The Hall–Kier alpha value is -1.27. The van der Waals surface area contributed by atoms with Crippen molar-refractivity contribution in [1.82, 2.24) is 10.2 Å². The van der Waals surface area contributed by atoms with E-state index in [9.17, 15) is 4.79 Å². The van der Waals surface area contributed by atoms with Gasteiger partial charge in [0.25, 0.3) is 5.91 Å². The van der Waals surface area contributed by atoms with E-state index >= 15 is 0 Å². The summed E-state index contributed by atoms with van der Waals surface area (Å²) in [7, 11) is 0. The second kappa shape index (κ2) is 6.47. The molecule has 2 aliphatic heterocycles. The van der Waals surface area contributed by atoms with Crippen LogP contribution in [-0.2, 0) is 13.0 Å². The maximum atomic E-state index is 12.8. The Labute approximate surface area is 161 Å². The van der Waals surface area contributed by atoms with E-state index in [0.29, 0.717) is 16.1 Å². The lowest BCUT2D eigenvalue weighted by atomic mass is 9.99. The Morgan fingerprint density at radius 2 is 2.08 bits per heavy atom. The lowest BCUT2D eigenvalue weighted by Gasteiger charge is -2.31. The lowest BCUT2D eigenvalue weighted by molar-refractivity contribution is 0.0934. The molecule has 132 valence electrons. The van der Waals surface area contributed by atoms with Crippen molar-refractivity contribution in [3.05, 3.63) is 49.8 Å². The van der Waals surface area contributed by atoms with Crippen molar-refractivity contribution in [2.45, 2.75) is 39.0 Å². The Kier molecular flexibility index (Phi) is 4.44. The molecule has 2 N–H and O–H groups in total. The van der Waals surface area contributed by atoms with Gasteiger partial charge in [0.1, 0.15) is 11.2 Å². The van der Waals surface area contributed by atoms with Gasteiger partial charge >= 0.3 is 0 Å². The van der Waals surface area contributed by atoms with Crippen LogP contribution in [-0.4, -0.2) is 23.4 Å². The molecule has 1 aromatic carbocycles. The molecule has 2 aromatic rings. The monoisotopic (exact) mass is 395 g/mol. The smallest absolute Gasteiger partial charge is 0.256 e. The number of hydrogen-bond acceptors (Lipinski definition) is 4. The highest BCUT2D eigenvalue weighted by atomic mass is 35.5. The summed E-state index contributed by atoms with van der Waals surface area (Å²) in [5.74, 6) is -0.0368. The van der Waals surface area contributed by atoms with Crippen molar-refractivity contribution in [3.8, 4) is 0 Å². The van der Waals surface area contributed by atoms with Gasteiger partial charge in [0.2, 0.25) is 0 Å². The van der Waals surface area contributed by atoms with E-state index in [-0.39, 0.29) is 12.1 Å². The molecule has 4 nitrogen and oxygen atoms in total. The van der Waals surface area contributed by atoms with Gasteiger partial charge in [0.15, 0.2) is 0 Å². The average Bonchev–Trinajstić information content (AvgIpc) is 2.95. The molecule has 0 bridgehead atoms. The first-order chi connectivity index (χ1) is 12.0. The Morgan fingerprint density at radius 3 is 2.84 bits per heavy atom. The Bertz CT molecular complexity index is 849. The molecule has 0 spiro atoms. The van der Waals surface area contributed by atoms with Crippen molar-refractivity contribution in [3.63, 3.8) is 0 Å². The second-order valence-electron chi connectivity index (χ2n) is 6.72. The fourth-order valence-corrected chi connectivity index (χ4v) is 5.19. The average molecular weight is 396 g/mol. The molecule has 4 rings (SSSR count). The minimum Gasteiger partial charge on any atom is -0.353 e. The van der Waals surface area contributed by atoms with Gasteiger partial charge in [-0.3, -0.25) is 9.69 Å². The highest BCUT2D eigenvalue weighted by Gasteiger charge is 2.34. The molecule has 1 aromatic heterocycles. The predicted octanol–water partition coefficient (Wildman–Crippen LogP) is 4.68. The Morgan fingerprint density at radius 1 is 1.28 bits per heavy atom. The number of thiophene rings is 1. The summed E-state index contributed by atoms with van der Waals surface area (Å²) in [5.41, 5.74) is 2.78. The number of rotatable bonds is 2. The maximum Gasteiger partial charge on any atom is 0.256 e. The zero-order valence-electron chi connectivity index (χ0n) is 14.0. The van der Waals surface area contributed by atoms with Crippen molar-refractivity contribution < 1.29 is 4.79 Å². The maximum absolute atomic E-state index is 12.8. The zero-order valence-corrected chi connectivity index (χ0v) is 16.4. The fourth-order valence-electron chi connectivity index (χ4n) is 3.48. The quantitative estimate of drug-likeness (QED) is 0.775. The number of benzene rings is 1. The van der Waals surface area contributed by atoms with Gasteiger partial charge < -0.3 is 10.6 Å². The van der Waals surface area contributed by atoms with E-state index in [0.717, 1.165) is 35.6 Å². The minimum atomic E-state index is -0.368. The van der Waals surface area contributed by atoms with E-state index < -0.39 is 0 Å². The molecule has 0 saturated heterocycles. The Balaban J connectivity index is 1.68. The predicted molar refractivity (Wildman–Crippen MR) is 104 cm³/mol. The van der Waals surface area contributed by atoms with E-state index in [1.165, 1.54) is 10.4 Å². The van der Waals surface area contributed by atoms with Gasteiger partial charge in [-0.2, -0.15) is 0 Å². The van der Waals surface area contributed by atoms with Crippen molar-refractivity contribution in [1.29, 1.82) is 0 Å². The number of fused-ring (bicyclic) bond motifs is 3. The summed E-state index contributed by atoms with van der Waals surface area (Å²) < 4.78 is 0. The standard InChI is InChI=1S/C18H19Cl2N3OS/c1-9(2)23-7-6-10-13(8-23)25-18-14(10)17(24)21-16(22-18)11-4-3-5-12(19)15(11)20/h3-5,9,16,22H,6-8H2,1-2H3,(H,21,24)/t16-/m1/s1. The molecule has 0 unspecified atom stereocenters. The number of nitrogens with zero attached hydrogens (tertiary/aromatic N) is 1. The number of carbonyl (C=O) groups excluding carboxylic acids is 1. The molecule has 2 aliphatic rings. The molecule has 1 atom stereocenters. The van der Waals surface area contributed by atoms with Crippen LogP contribution in [0.25, 0.3) is 0 Å². The molecule has 0 radical (unpaired) electrons. The molecular formula is C18H19Cl2N3OS. The third-order valence-electron chi connectivity index (χ3n) is 4.89. The highest BCUT2D eigenvalue weighted by Crippen LogP contribution is 2.42. The zero-order chi connectivity index (χ0) is 17.7. The number of carbonyl (C=O) groups is 1. The van der Waals surface area contributed by atoms with Crippen LogP contribution in [0.2, 0.25) is 10.0 Å². The van der Waals surface area contributed by atoms with Gasteiger partial charge in [0, 0.05) is 29.6 Å². The van der Waals surface area contributed by atoms with Crippen LogP contribution in [0.5, 0.6) is 0 Å². The normalized spacial score (nSPS) is 20.0. The van der Waals surface area contributed by atoms with Crippen LogP contribution in [0.15, 0.2) is 18.2 Å². The van der Waals surface area contributed by atoms with E-state index in [2.05, 4.69) is 29.4 Å². The first kappa shape index (κ1) is 17.2. The van der Waals surface area contributed by atoms with Crippen LogP contribution < -0.4 is 10.6 Å². The molecular weight excluding hydrogens is 377 g/mol. The third kappa shape index (κ3) is 2.93. The van der Waals surface area contributed by atoms with Crippen LogP contribution in [0, 0.1) is 0 Å². The first-order valence-electron chi connectivity index (χ1n) is 8.35. The van der Waals surface area contributed by atoms with Gasteiger partial charge in [-0.05, 0) is 31.9 Å². The summed E-state index contributed by atoms with van der Waals surface area (Å²) in [6.07, 6.45) is 0.546. The number of amides is 1. The minimum absolute atomic E-state index is 0.0368. The lowest BCUT2D eigenvalue weighted by Crippen LogP contribution is -2.39. The topological polar surface area (TPSA) is 44.4 Å². The largest absolute Gasteiger partial charge is 0.353 e. The number of halogens is 2. The summed E-state index contributed by atoms with van der Waals surface area (Å²) in [6.45, 7) is 6.31. The number of hydrogen-bond donors (Lipinski definition) is 2. The van der Waals surface area contributed by atoms with E-state index in [4.69, 9.17) is 23.2 Å².